The van der Waals surface area contributed by atoms with E-state index in [4.69, 9.17) is 9.47 Å². The first-order valence-corrected chi connectivity index (χ1v) is 6.25. The van der Waals surface area contributed by atoms with Crippen molar-refractivity contribution >= 4 is 5.97 Å². The molecule has 98 valence electrons. The first-order valence-electron chi connectivity index (χ1n) is 6.25. The Hall–Kier alpha value is -0.610. The Labute approximate surface area is 102 Å². The molecule has 1 heterocycles. The van der Waals surface area contributed by atoms with Gasteiger partial charge in [0, 0.05) is 11.8 Å². The molecule has 0 aromatic carbocycles. The van der Waals surface area contributed by atoms with E-state index < -0.39 is 6.10 Å². The fourth-order valence-corrected chi connectivity index (χ4v) is 2.85. The van der Waals surface area contributed by atoms with Gasteiger partial charge in [-0.05, 0) is 27.2 Å². The Bertz CT molecular complexity index is 320. The van der Waals surface area contributed by atoms with Crippen LogP contribution in [0.2, 0.25) is 0 Å². The van der Waals surface area contributed by atoms with Crippen LogP contribution in [0.1, 0.15) is 47.0 Å². The molecule has 0 spiro atoms. The van der Waals surface area contributed by atoms with Crippen LogP contribution in [-0.4, -0.2) is 35.0 Å². The number of esters is 1. The molecule has 1 aliphatic heterocycles. The molecular formula is C13H22O4. The fraction of sp³-hybridized carbons (Fsp3) is 0.923. The highest BCUT2D eigenvalue weighted by atomic mass is 16.6. The van der Waals surface area contributed by atoms with Crippen LogP contribution in [0.25, 0.3) is 0 Å². The molecule has 2 bridgehead atoms. The van der Waals surface area contributed by atoms with E-state index in [9.17, 15) is 9.90 Å². The molecule has 4 nitrogen and oxygen atoms in total. The lowest BCUT2D eigenvalue weighted by atomic mass is 9.67. The van der Waals surface area contributed by atoms with E-state index in [-0.39, 0.29) is 29.2 Å². The molecular weight excluding hydrogens is 220 g/mol. The van der Waals surface area contributed by atoms with Gasteiger partial charge in [-0.2, -0.15) is 0 Å². The second-order valence-electron chi connectivity index (χ2n) is 6.59. The van der Waals surface area contributed by atoms with Crippen molar-refractivity contribution in [3.05, 3.63) is 0 Å². The van der Waals surface area contributed by atoms with Crippen molar-refractivity contribution in [2.24, 2.45) is 5.41 Å². The van der Waals surface area contributed by atoms with Gasteiger partial charge >= 0.3 is 5.97 Å². The molecule has 2 aliphatic rings. The molecule has 4 heteroatoms. The molecule has 1 aliphatic carbocycles. The molecule has 17 heavy (non-hydrogen) atoms. The molecule has 0 radical (unpaired) electrons. The number of carbonyl (C=O) groups is 1. The third kappa shape index (κ3) is 2.63. The lowest BCUT2D eigenvalue weighted by Crippen LogP contribution is -2.56. The number of carbonyl (C=O) groups excluding carboxylic acids is 1. The molecule has 0 amide bonds. The Morgan fingerprint density at radius 2 is 2.12 bits per heavy atom. The van der Waals surface area contributed by atoms with Gasteiger partial charge in [0.2, 0.25) is 0 Å². The Kier molecular flexibility index (Phi) is 2.99. The fourth-order valence-electron chi connectivity index (χ4n) is 2.85. The van der Waals surface area contributed by atoms with E-state index in [0.29, 0.717) is 19.3 Å². The summed E-state index contributed by atoms with van der Waals surface area (Å²) in [4.78, 5) is 11.5. The quantitative estimate of drug-likeness (QED) is 0.710. The lowest BCUT2D eigenvalue weighted by Gasteiger charge is -2.50. The number of aliphatic hydroxyl groups is 1. The third-order valence-corrected chi connectivity index (χ3v) is 3.66. The number of ether oxygens (including phenoxy) is 2. The minimum atomic E-state index is -0.598. The third-order valence-electron chi connectivity index (χ3n) is 3.66. The summed E-state index contributed by atoms with van der Waals surface area (Å²) in [6.45, 7) is 8.05. The highest BCUT2D eigenvalue weighted by Crippen LogP contribution is 2.46. The number of aliphatic hydroxyl groups excluding tert-OH is 1. The minimum Gasteiger partial charge on any atom is -0.460 e. The van der Waals surface area contributed by atoms with Gasteiger partial charge in [-0.15, -0.1) is 0 Å². The monoisotopic (exact) mass is 242 g/mol. The van der Waals surface area contributed by atoms with Gasteiger partial charge in [0.25, 0.3) is 0 Å². The summed E-state index contributed by atoms with van der Waals surface area (Å²) in [5.74, 6) is -0.218. The summed E-state index contributed by atoms with van der Waals surface area (Å²) in [5.41, 5.74) is -0.464. The smallest absolute Gasteiger partial charge is 0.306 e. The maximum Gasteiger partial charge on any atom is 0.306 e. The van der Waals surface area contributed by atoms with Crippen LogP contribution in [0, 0.1) is 5.41 Å². The number of hydrogen-bond acceptors (Lipinski definition) is 4. The van der Waals surface area contributed by atoms with Gasteiger partial charge in [0.1, 0.15) is 6.10 Å². The van der Waals surface area contributed by atoms with E-state index in [1.54, 1.807) is 0 Å². The van der Waals surface area contributed by atoms with E-state index in [0.717, 1.165) is 0 Å². The molecule has 2 fully saturated rings. The van der Waals surface area contributed by atoms with Crippen LogP contribution in [0.5, 0.6) is 0 Å². The highest BCUT2D eigenvalue weighted by molar-refractivity contribution is 5.71. The maximum atomic E-state index is 11.5. The van der Waals surface area contributed by atoms with E-state index in [1.165, 1.54) is 0 Å². The first kappa shape index (κ1) is 12.8. The summed E-state index contributed by atoms with van der Waals surface area (Å²) < 4.78 is 11.2. The van der Waals surface area contributed by atoms with Crippen molar-refractivity contribution in [3.63, 3.8) is 0 Å². The van der Waals surface area contributed by atoms with Crippen LogP contribution in [0.4, 0.5) is 0 Å². The molecule has 0 aromatic heterocycles. The largest absolute Gasteiger partial charge is 0.460 e. The summed E-state index contributed by atoms with van der Waals surface area (Å²) in [6.07, 6.45) is 0.603. The predicted octanol–water partition coefficient (Wildman–Crippen LogP) is 1.65. The number of fused-ring (bicyclic) bond motifs is 2. The average Bonchev–Trinajstić information content (AvgIpc) is 2.11. The van der Waals surface area contributed by atoms with Crippen molar-refractivity contribution in [2.45, 2.75) is 70.9 Å². The first-order chi connectivity index (χ1) is 7.70. The molecule has 1 saturated heterocycles. The normalized spacial score (nSPS) is 42.2. The number of rotatable bonds is 1. The Morgan fingerprint density at radius 1 is 1.47 bits per heavy atom. The highest BCUT2D eigenvalue weighted by Gasteiger charge is 2.52. The van der Waals surface area contributed by atoms with Crippen molar-refractivity contribution in [1.82, 2.24) is 0 Å². The zero-order valence-electron chi connectivity index (χ0n) is 11.0. The molecule has 4 atom stereocenters. The van der Waals surface area contributed by atoms with Gasteiger partial charge in [-0.3, -0.25) is 4.79 Å². The SMILES string of the molecule is CC(C)(C)O[C@H]1C[C@@H](O)[C@@H]2C[C@@]1(C)CC(=O)O2. The van der Waals surface area contributed by atoms with Gasteiger partial charge in [0.05, 0.1) is 24.2 Å². The standard InChI is InChI=1S/C13H22O4/c1-12(2,3)17-10-5-8(14)9-6-13(10,4)7-11(15)16-9/h8-10,14H,5-7H2,1-4H3/t8-,9+,10+,13+/m1/s1. The van der Waals surface area contributed by atoms with Crippen molar-refractivity contribution in [2.75, 3.05) is 0 Å². The average molecular weight is 242 g/mol. The van der Waals surface area contributed by atoms with Gasteiger partial charge in [-0.25, -0.2) is 0 Å². The summed E-state index contributed by atoms with van der Waals surface area (Å²) in [7, 11) is 0. The van der Waals surface area contributed by atoms with E-state index in [2.05, 4.69) is 6.92 Å². The van der Waals surface area contributed by atoms with E-state index in [1.807, 2.05) is 20.8 Å². The Morgan fingerprint density at radius 3 is 2.71 bits per heavy atom. The molecule has 1 N–H and O–H groups in total. The van der Waals surface area contributed by atoms with Crippen LogP contribution in [-0.2, 0) is 14.3 Å². The van der Waals surface area contributed by atoms with Crippen molar-refractivity contribution in [3.8, 4) is 0 Å². The second kappa shape index (κ2) is 3.95. The van der Waals surface area contributed by atoms with Crippen LogP contribution in [0.15, 0.2) is 0 Å². The Balaban J connectivity index is 2.18. The van der Waals surface area contributed by atoms with Gasteiger partial charge < -0.3 is 14.6 Å². The predicted molar refractivity (Wildman–Crippen MR) is 62.5 cm³/mol. The van der Waals surface area contributed by atoms with Crippen LogP contribution in [0.3, 0.4) is 0 Å². The van der Waals surface area contributed by atoms with Crippen molar-refractivity contribution < 1.29 is 19.4 Å². The lowest BCUT2D eigenvalue weighted by molar-refractivity contribution is -0.216. The second-order valence-corrected chi connectivity index (χ2v) is 6.59. The zero-order valence-corrected chi connectivity index (χ0v) is 11.0. The molecule has 0 aromatic rings. The molecule has 0 unspecified atom stereocenters. The molecule has 1 saturated carbocycles. The van der Waals surface area contributed by atoms with Crippen LogP contribution < -0.4 is 0 Å². The molecule has 2 rings (SSSR count). The minimum absolute atomic E-state index is 0.0819. The summed E-state index contributed by atoms with van der Waals surface area (Å²) in [6, 6.07) is 0. The van der Waals surface area contributed by atoms with E-state index >= 15 is 0 Å². The number of hydrogen-bond donors (Lipinski definition) is 1. The zero-order chi connectivity index (χ0) is 12.8. The van der Waals surface area contributed by atoms with Gasteiger partial charge in [0.15, 0.2) is 0 Å². The topological polar surface area (TPSA) is 55.8 Å². The maximum absolute atomic E-state index is 11.5. The summed E-state index contributed by atoms with van der Waals surface area (Å²) in [5, 5.41) is 9.96. The summed E-state index contributed by atoms with van der Waals surface area (Å²) >= 11 is 0. The van der Waals surface area contributed by atoms with Crippen LogP contribution >= 0.6 is 0 Å². The van der Waals surface area contributed by atoms with Crippen molar-refractivity contribution in [1.29, 1.82) is 0 Å². The van der Waals surface area contributed by atoms with Gasteiger partial charge in [-0.1, -0.05) is 6.92 Å².